The Hall–Kier alpha value is -2.41. The van der Waals surface area contributed by atoms with Crippen molar-refractivity contribution in [2.24, 2.45) is 0 Å². The van der Waals surface area contributed by atoms with E-state index in [1.54, 1.807) is 13.0 Å². The smallest absolute Gasteiger partial charge is 0.315 e. The number of nitrogens with zero attached hydrogens (tertiary/aromatic N) is 3. The van der Waals surface area contributed by atoms with Crippen molar-refractivity contribution in [3.05, 3.63) is 45.4 Å². The zero-order valence-electron chi connectivity index (χ0n) is 10.7. The number of methoxy groups -OCH3 is 1. The number of rotatable bonds is 4. The number of ether oxygens (including phenoxy) is 2. The lowest BCUT2D eigenvalue weighted by Gasteiger charge is -2.07. The summed E-state index contributed by atoms with van der Waals surface area (Å²) in [6, 6.07) is 5.78. The van der Waals surface area contributed by atoms with Crippen LogP contribution in [0.5, 0.6) is 17.4 Å². The zero-order chi connectivity index (χ0) is 14.7. The van der Waals surface area contributed by atoms with Crippen LogP contribution in [-0.4, -0.2) is 22.0 Å². The van der Waals surface area contributed by atoms with E-state index in [1.165, 1.54) is 25.3 Å². The topological polar surface area (TPSA) is 87.4 Å². The van der Waals surface area contributed by atoms with E-state index >= 15 is 0 Å². The van der Waals surface area contributed by atoms with Crippen LogP contribution in [0.25, 0.3) is 0 Å². The normalized spacial score (nSPS) is 10.2. The lowest BCUT2D eigenvalue weighted by Crippen LogP contribution is -1.97. The summed E-state index contributed by atoms with van der Waals surface area (Å²) in [6.07, 6.45) is 0. The van der Waals surface area contributed by atoms with E-state index < -0.39 is 4.92 Å². The van der Waals surface area contributed by atoms with Crippen molar-refractivity contribution in [1.82, 2.24) is 9.97 Å². The van der Waals surface area contributed by atoms with E-state index in [1.807, 2.05) is 0 Å². The lowest BCUT2D eigenvalue weighted by atomic mass is 10.3. The summed E-state index contributed by atoms with van der Waals surface area (Å²) in [7, 11) is 1.42. The third kappa shape index (κ3) is 3.12. The van der Waals surface area contributed by atoms with Crippen molar-refractivity contribution in [3.63, 3.8) is 0 Å². The fourth-order valence-corrected chi connectivity index (χ4v) is 1.74. The number of benzene rings is 1. The first-order chi connectivity index (χ1) is 9.49. The minimum Gasteiger partial charge on any atom is -0.496 e. The molecule has 0 unspecified atom stereocenters. The quantitative estimate of drug-likeness (QED) is 0.489. The number of nitro benzene ring substituents is 1. The molecule has 2 aromatic rings. The van der Waals surface area contributed by atoms with Gasteiger partial charge in [-0.05, 0) is 30.7 Å². The Morgan fingerprint density at radius 3 is 2.65 bits per heavy atom. The van der Waals surface area contributed by atoms with Gasteiger partial charge in [-0.3, -0.25) is 10.1 Å². The Morgan fingerprint density at radius 1 is 1.30 bits per heavy atom. The Kier molecular flexibility index (Phi) is 3.99. The molecule has 0 saturated carbocycles. The average molecular weight is 296 g/mol. The fraction of sp³-hybridized carbons (Fsp3) is 0.167. The number of aromatic nitrogens is 2. The number of hydrogen-bond donors (Lipinski definition) is 0. The first kappa shape index (κ1) is 14.0. The van der Waals surface area contributed by atoms with Crippen molar-refractivity contribution < 1.29 is 14.4 Å². The van der Waals surface area contributed by atoms with Gasteiger partial charge >= 0.3 is 5.69 Å². The van der Waals surface area contributed by atoms with Crippen molar-refractivity contribution in [3.8, 4) is 17.4 Å². The molecule has 0 aliphatic carbocycles. The molecule has 0 spiro atoms. The Bertz CT molecular complexity index is 643. The second-order valence-corrected chi connectivity index (χ2v) is 4.15. The molecule has 104 valence electrons. The summed E-state index contributed by atoms with van der Waals surface area (Å²) in [5.74, 6) is 0.543. The standard InChI is InChI=1S/C12H10ClN3O4/c1-7-5-11(15-12(13)14-7)20-10-4-3-8(19-2)6-9(10)16(17)18/h3-6H,1-2H3. The van der Waals surface area contributed by atoms with E-state index in [0.717, 1.165) is 0 Å². The van der Waals surface area contributed by atoms with Crippen molar-refractivity contribution >= 4 is 17.3 Å². The molecule has 0 amide bonds. The summed E-state index contributed by atoms with van der Waals surface area (Å²) in [5.41, 5.74) is 0.368. The molecule has 0 aliphatic heterocycles. The maximum atomic E-state index is 11.0. The van der Waals surface area contributed by atoms with Gasteiger partial charge < -0.3 is 9.47 Å². The molecule has 0 N–H and O–H groups in total. The molecule has 2 rings (SSSR count). The summed E-state index contributed by atoms with van der Waals surface area (Å²) in [6.45, 7) is 1.71. The van der Waals surface area contributed by atoms with Crippen LogP contribution >= 0.6 is 11.6 Å². The van der Waals surface area contributed by atoms with Gasteiger partial charge in [0.25, 0.3) is 0 Å². The number of halogens is 1. The van der Waals surface area contributed by atoms with E-state index in [9.17, 15) is 10.1 Å². The van der Waals surface area contributed by atoms with E-state index in [0.29, 0.717) is 11.4 Å². The Labute approximate surface area is 119 Å². The lowest BCUT2D eigenvalue weighted by molar-refractivity contribution is -0.385. The monoisotopic (exact) mass is 295 g/mol. The zero-order valence-corrected chi connectivity index (χ0v) is 11.4. The van der Waals surface area contributed by atoms with Crippen molar-refractivity contribution in [1.29, 1.82) is 0 Å². The molecular formula is C12H10ClN3O4. The highest BCUT2D eigenvalue weighted by atomic mass is 35.5. The minimum absolute atomic E-state index is 0.0103. The van der Waals surface area contributed by atoms with Gasteiger partial charge in [0.05, 0.1) is 18.1 Å². The molecule has 1 heterocycles. The van der Waals surface area contributed by atoms with Gasteiger partial charge in [-0.1, -0.05) is 0 Å². The molecule has 20 heavy (non-hydrogen) atoms. The van der Waals surface area contributed by atoms with Crippen LogP contribution in [0.3, 0.4) is 0 Å². The Balaban J connectivity index is 2.39. The molecule has 0 saturated heterocycles. The predicted octanol–water partition coefficient (Wildman–Crippen LogP) is 3.15. The summed E-state index contributed by atoms with van der Waals surface area (Å²) < 4.78 is 10.3. The van der Waals surface area contributed by atoms with Gasteiger partial charge in [-0.25, -0.2) is 4.98 Å². The largest absolute Gasteiger partial charge is 0.496 e. The summed E-state index contributed by atoms with van der Waals surface area (Å²) >= 11 is 5.71. The molecule has 0 fully saturated rings. The number of nitro groups is 1. The van der Waals surface area contributed by atoms with Gasteiger partial charge in [-0.15, -0.1) is 0 Å². The van der Waals surface area contributed by atoms with Crippen LogP contribution < -0.4 is 9.47 Å². The van der Waals surface area contributed by atoms with E-state index in [-0.39, 0.29) is 22.6 Å². The van der Waals surface area contributed by atoms with Crippen molar-refractivity contribution in [2.45, 2.75) is 6.92 Å². The Morgan fingerprint density at radius 2 is 2.05 bits per heavy atom. The number of hydrogen-bond acceptors (Lipinski definition) is 6. The van der Waals surface area contributed by atoms with Gasteiger partial charge in [0.1, 0.15) is 5.75 Å². The van der Waals surface area contributed by atoms with Gasteiger partial charge in [0.2, 0.25) is 16.9 Å². The predicted molar refractivity (Wildman–Crippen MR) is 71.5 cm³/mol. The SMILES string of the molecule is COc1ccc(Oc2cc(C)nc(Cl)n2)c([N+](=O)[O-])c1. The van der Waals surface area contributed by atoms with Crippen LogP contribution in [0, 0.1) is 17.0 Å². The molecule has 0 bridgehead atoms. The maximum absolute atomic E-state index is 11.0. The van der Waals surface area contributed by atoms with E-state index in [2.05, 4.69) is 9.97 Å². The first-order valence-corrected chi connectivity index (χ1v) is 5.89. The molecular weight excluding hydrogens is 286 g/mol. The third-order valence-electron chi connectivity index (χ3n) is 2.38. The number of aryl methyl sites for hydroxylation is 1. The average Bonchev–Trinajstić information content (AvgIpc) is 2.37. The first-order valence-electron chi connectivity index (χ1n) is 5.51. The molecule has 7 nitrogen and oxygen atoms in total. The second kappa shape index (κ2) is 5.70. The van der Waals surface area contributed by atoms with Crippen LogP contribution in [0.4, 0.5) is 5.69 Å². The maximum Gasteiger partial charge on any atom is 0.315 e. The van der Waals surface area contributed by atoms with Crippen LogP contribution in [0.15, 0.2) is 24.3 Å². The molecule has 0 radical (unpaired) electrons. The van der Waals surface area contributed by atoms with Gasteiger partial charge in [0, 0.05) is 11.8 Å². The molecule has 8 heteroatoms. The second-order valence-electron chi connectivity index (χ2n) is 3.81. The molecule has 0 aliphatic rings. The van der Waals surface area contributed by atoms with E-state index in [4.69, 9.17) is 21.1 Å². The highest BCUT2D eigenvalue weighted by Crippen LogP contribution is 2.34. The van der Waals surface area contributed by atoms with Crippen LogP contribution in [-0.2, 0) is 0 Å². The third-order valence-corrected chi connectivity index (χ3v) is 2.55. The van der Waals surface area contributed by atoms with Gasteiger partial charge in [-0.2, -0.15) is 4.98 Å². The van der Waals surface area contributed by atoms with Crippen LogP contribution in [0.1, 0.15) is 5.69 Å². The molecule has 1 aromatic heterocycles. The van der Waals surface area contributed by atoms with Gasteiger partial charge in [0.15, 0.2) is 0 Å². The summed E-state index contributed by atoms with van der Waals surface area (Å²) in [4.78, 5) is 18.2. The fourth-order valence-electron chi connectivity index (χ4n) is 1.52. The molecule has 1 aromatic carbocycles. The minimum atomic E-state index is -0.562. The summed E-state index contributed by atoms with van der Waals surface area (Å²) in [5, 5.41) is 11.0. The highest BCUT2D eigenvalue weighted by molar-refractivity contribution is 6.28. The highest BCUT2D eigenvalue weighted by Gasteiger charge is 2.18. The van der Waals surface area contributed by atoms with Crippen molar-refractivity contribution in [2.75, 3.05) is 7.11 Å². The van der Waals surface area contributed by atoms with Crippen LogP contribution in [0.2, 0.25) is 5.28 Å². The molecule has 0 atom stereocenters.